The Hall–Kier alpha value is -1.59. The Morgan fingerprint density at radius 2 is 0.806 bits per heavy atom. The molecule has 0 aliphatic heterocycles. The molecule has 0 saturated carbocycles. The first-order valence-electron chi connectivity index (χ1n) is 14.8. The van der Waals surface area contributed by atoms with E-state index in [9.17, 15) is 14.4 Å². The molecule has 0 N–H and O–H groups in total. The molecule has 0 saturated heterocycles. The summed E-state index contributed by atoms with van der Waals surface area (Å²) in [5.74, 6) is -1.06. The quantitative estimate of drug-likeness (QED) is 0.109. The Kier molecular flexibility index (Phi) is 19.6. The molecule has 0 aromatic rings. The highest BCUT2D eigenvalue weighted by molar-refractivity contribution is 5.73. The van der Waals surface area contributed by atoms with Gasteiger partial charge in [0.1, 0.15) is 19.8 Å². The summed E-state index contributed by atoms with van der Waals surface area (Å²) in [7, 11) is 0. The van der Waals surface area contributed by atoms with Gasteiger partial charge in [-0.1, -0.05) is 87.0 Å². The van der Waals surface area contributed by atoms with Crippen LogP contribution in [-0.4, -0.2) is 37.7 Å². The predicted octanol–water partition coefficient (Wildman–Crippen LogP) is 7.66. The van der Waals surface area contributed by atoms with Gasteiger partial charge in [-0.2, -0.15) is 0 Å². The van der Waals surface area contributed by atoms with Gasteiger partial charge in [-0.05, 0) is 44.9 Å². The maximum atomic E-state index is 12.8. The van der Waals surface area contributed by atoms with Crippen molar-refractivity contribution >= 4 is 17.9 Å². The van der Waals surface area contributed by atoms with E-state index >= 15 is 0 Å². The molecular formula is C30H56O6. The molecule has 0 aromatic carbocycles. The number of unbranched alkanes of at least 4 members (excludes halogenated alkanes) is 3. The van der Waals surface area contributed by atoms with Crippen molar-refractivity contribution in [3.8, 4) is 0 Å². The van der Waals surface area contributed by atoms with Crippen molar-refractivity contribution in [2.75, 3.05) is 19.8 Å². The second-order valence-corrected chi connectivity index (χ2v) is 10.4. The Labute approximate surface area is 221 Å². The van der Waals surface area contributed by atoms with Crippen molar-refractivity contribution in [2.24, 2.45) is 23.2 Å². The molecule has 0 rings (SSSR count). The lowest BCUT2D eigenvalue weighted by molar-refractivity contribution is -0.168. The van der Waals surface area contributed by atoms with Gasteiger partial charge >= 0.3 is 17.9 Å². The smallest absolute Gasteiger partial charge is 0.308 e. The molecule has 6 heteroatoms. The summed E-state index contributed by atoms with van der Waals surface area (Å²) in [5.41, 5.74) is -0.754. The van der Waals surface area contributed by atoms with Gasteiger partial charge in [0, 0.05) is 0 Å². The van der Waals surface area contributed by atoms with E-state index in [1.54, 1.807) is 0 Å². The number of hydrogen-bond donors (Lipinski definition) is 0. The van der Waals surface area contributed by atoms with Crippen LogP contribution in [-0.2, 0) is 28.6 Å². The second kappa shape index (κ2) is 20.5. The fraction of sp³-hybridized carbons (Fsp3) is 0.900. The molecular weight excluding hydrogens is 456 g/mol. The second-order valence-electron chi connectivity index (χ2n) is 10.4. The molecule has 0 aliphatic carbocycles. The first-order valence-corrected chi connectivity index (χ1v) is 14.8. The molecule has 0 spiro atoms. The number of rotatable bonds is 22. The number of carbonyl (C=O) groups excluding carboxylic acids is 3. The molecule has 3 atom stereocenters. The van der Waals surface area contributed by atoms with Gasteiger partial charge in [-0.25, -0.2) is 0 Å². The highest BCUT2D eigenvalue weighted by Gasteiger charge is 2.36. The third-order valence-electron chi connectivity index (χ3n) is 7.51. The van der Waals surface area contributed by atoms with Crippen molar-refractivity contribution in [1.82, 2.24) is 0 Å². The molecule has 3 unspecified atom stereocenters. The van der Waals surface area contributed by atoms with E-state index < -0.39 is 5.41 Å². The highest BCUT2D eigenvalue weighted by atomic mass is 16.6. The lowest BCUT2D eigenvalue weighted by Crippen LogP contribution is -2.40. The van der Waals surface area contributed by atoms with E-state index in [1.807, 2.05) is 27.7 Å². The first kappa shape index (κ1) is 34.4. The van der Waals surface area contributed by atoms with Crippen molar-refractivity contribution in [3.05, 3.63) is 0 Å². The van der Waals surface area contributed by atoms with E-state index in [0.29, 0.717) is 6.42 Å². The monoisotopic (exact) mass is 512 g/mol. The van der Waals surface area contributed by atoms with Crippen LogP contribution in [0.15, 0.2) is 0 Å². The predicted molar refractivity (Wildman–Crippen MR) is 146 cm³/mol. The van der Waals surface area contributed by atoms with Gasteiger partial charge in [0.2, 0.25) is 0 Å². The van der Waals surface area contributed by atoms with Crippen LogP contribution >= 0.6 is 0 Å². The first-order chi connectivity index (χ1) is 17.3. The van der Waals surface area contributed by atoms with Crippen molar-refractivity contribution in [3.63, 3.8) is 0 Å². The van der Waals surface area contributed by atoms with Gasteiger partial charge in [-0.3, -0.25) is 14.4 Å². The summed E-state index contributed by atoms with van der Waals surface area (Å²) in [5, 5.41) is 0. The SMILES string of the molecule is CCCCC(CC)C(=O)OCC(CC)(COC(=O)C(CC)CCCC)COC(=O)C(CC)CCCC. The fourth-order valence-corrected chi connectivity index (χ4v) is 4.27. The normalized spacial score (nSPS) is 15.4. The summed E-state index contributed by atoms with van der Waals surface area (Å²) in [4.78, 5) is 38.5. The van der Waals surface area contributed by atoms with Crippen LogP contribution in [0.4, 0.5) is 0 Å². The third-order valence-corrected chi connectivity index (χ3v) is 7.51. The number of esters is 3. The van der Waals surface area contributed by atoms with Crippen LogP contribution in [0.25, 0.3) is 0 Å². The largest absolute Gasteiger partial charge is 0.465 e. The van der Waals surface area contributed by atoms with Gasteiger partial charge < -0.3 is 14.2 Å². The Bertz CT molecular complexity index is 523. The summed E-state index contributed by atoms with van der Waals surface area (Å²) < 4.78 is 17.4. The minimum absolute atomic E-state index is 0.0724. The highest BCUT2D eigenvalue weighted by Crippen LogP contribution is 2.28. The number of hydrogen-bond acceptors (Lipinski definition) is 6. The lowest BCUT2D eigenvalue weighted by Gasteiger charge is -2.32. The van der Waals surface area contributed by atoms with Crippen LogP contribution in [0.2, 0.25) is 0 Å². The summed E-state index contributed by atoms with van der Waals surface area (Å²) in [6.45, 7) is 14.5. The van der Waals surface area contributed by atoms with Gasteiger partial charge in [-0.15, -0.1) is 0 Å². The Morgan fingerprint density at radius 1 is 0.528 bits per heavy atom. The molecule has 0 aliphatic rings. The maximum absolute atomic E-state index is 12.8. The minimum atomic E-state index is -0.754. The molecule has 36 heavy (non-hydrogen) atoms. The van der Waals surface area contributed by atoms with E-state index in [2.05, 4.69) is 20.8 Å². The van der Waals surface area contributed by atoms with Gasteiger partial charge in [0.25, 0.3) is 0 Å². The minimum Gasteiger partial charge on any atom is -0.465 e. The van der Waals surface area contributed by atoms with Gasteiger partial charge in [0.05, 0.1) is 23.2 Å². The fourth-order valence-electron chi connectivity index (χ4n) is 4.27. The van der Waals surface area contributed by atoms with E-state index in [-0.39, 0.29) is 55.5 Å². The average Bonchev–Trinajstić information content (AvgIpc) is 2.89. The molecule has 0 amide bonds. The standard InChI is InChI=1S/C30H56O6/c1-8-15-18-24(11-4)27(31)34-21-30(14-7,22-35-28(32)25(12-5)19-16-9-2)23-36-29(33)26(13-6)20-17-10-3/h24-26H,8-23H2,1-7H3. The van der Waals surface area contributed by atoms with Crippen molar-refractivity contribution in [2.45, 2.75) is 132 Å². The molecule has 6 nitrogen and oxygen atoms in total. The van der Waals surface area contributed by atoms with Crippen molar-refractivity contribution in [1.29, 1.82) is 0 Å². The molecule has 0 heterocycles. The molecule has 0 aromatic heterocycles. The average molecular weight is 513 g/mol. The van der Waals surface area contributed by atoms with Crippen molar-refractivity contribution < 1.29 is 28.6 Å². The van der Waals surface area contributed by atoms with E-state index in [0.717, 1.165) is 77.0 Å². The Morgan fingerprint density at radius 3 is 1.00 bits per heavy atom. The zero-order valence-electron chi connectivity index (χ0n) is 24.5. The molecule has 212 valence electrons. The lowest BCUT2D eigenvalue weighted by atomic mass is 9.87. The zero-order chi connectivity index (χ0) is 27.4. The van der Waals surface area contributed by atoms with Crippen LogP contribution in [0, 0.1) is 23.2 Å². The van der Waals surface area contributed by atoms with Crippen LogP contribution in [0.5, 0.6) is 0 Å². The van der Waals surface area contributed by atoms with E-state index in [1.165, 1.54) is 0 Å². The zero-order valence-corrected chi connectivity index (χ0v) is 24.5. The van der Waals surface area contributed by atoms with Gasteiger partial charge in [0.15, 0.2) is 0 Å². The van der Waals surface area contributed by atoms with Crippen LogP contribution < -0.4 is 0 Å². The molecule has 0 fully saturated rings. The summed E-state index contributed by atoms with van der Waals surface area (Å²) >= 11 is 0. The van der Waals surface area contributed by atoms with Crippen LogP contribution in [0.3, 0.4) is 0 Å². The molecule has 0 bridgehead atoms. The number of carbonyl (C=O) groups is 3. The maximum Gasteiger partial charge on any atom is 0.308 e. The van der Waals surface area contributed by atoms with Crippen LogP contribution in [0.1, 0.15) is 132 Å². The molecule has 0 radical (unpaired) electrons. The summed E-state index contributed by atoms with van der Waals surface area (Å²) in [6.07, 6.45) is 11.2. The summed E-state index contributed by atoms with van der Waals surface area (Å²) in [6, 6.07) is 0. The Balaban J connectivity index is 5.48. The third kappa shape index (κ3) is 13.1. The van der Waals surface area contributed by atoms with E-state index in [4.69, 9.17) is 14.2 Å². The topological polar surface area (TPSA) is 78.9 Å². The number of ether oxygens (including phenoxy) is 3.